The van der Waals surface area contributed by atoms with Gasteiger partial charge in [-0.3, -0.25) is 24.1 Å². The predicted molar refractivity (Wildman–Crippen MR) is 131 cm³/mol. The van der Waals surface area contributed by atoms with E-state index in [-0.39, 0.29) is 34.8 Å². The first-order valence-corrected chi connectivity index (χ1v) is 11.1. The number of imide groups is 1. The van der Waals surface area contributed by atoms with Crippen LogP contribution < -0.4 is 0 Å². The Balaban J connectivity index is 1.53. The van der Waals surface area contributed by atoms with Gasteiger partial charge < -0.3 is 4.42 Å². The summed E-state index contributed by atoms with van der Waals surface area (Å²) >= 11 is 0. The number of furan rings is 1. The summed E-state index contributed by atoms with van der Waals surface area (Å²) in [5, 5.41) is 9.44. The van der Waals surface area contributed by atoms with Crippen molar-refractivity contribution in [2.45, 2.75) is 6.92 Å². The maximum atomic E-state index is 13.0. The van der Waals surface area contributed by atoms with E-state index in [9.17, 15) is 24.4 Å². The van der Waals surface area contributed by atoms with E-state index in [1.165, 1.54) is 12.2 Å². The fourth-order valence-electron chi connectivity index (χ4n) is 4.41. The number of fused-ring (bicyclic) bond motifs is 2. The van der Waals surface area contributed by atoms with E-state index in [0.717, 1.165) is 4.90 Å². The van der Waals surface area contributed by atoms with Crippen molar-refractivity contribution in [1.29, 1.82) is 5.26 Å². The van der Waals surface area contributed by atoms with E-state index in [2.05, 4.69) is 6.58 Å². The summed E-state index contributed by atoms with van der Waals surface area (Å²) in [5.74, 6) is -0.906. The SMILES string of the molecule is C=CCN1C(=O)C(=Cc2ccc(-c3ccc4c(c3)C(=O)c3ccccc3C4=O)o2)C(C)=C(C#N)C1=O. The Kier molecular flexibility index (Phi) is 5.42. The summed E-state index contributed by atoms with van der Waals surface area (Å²) < 4.78 is 5.93. The standard InChI is InChI=1S/C29H18N2O5/c1-3-12-31-28(34)22(16(2)24(15-30)29(31)35)14-18-9-11-25(36-18)17-8-10-21-23(13-17)27(33)20-7-5-4-6-19(20)26(21)32/h3-11,13-14H,1,12H2,2H3. The van der Waals surface area contributed by atoms with Gasteiger partial charge in [-0.25, -0.2) is 0 Å². The number of hydrogen-bond acceptors (Lipinski definition) is 6. The molecule has 3 aromatic rings. The fourth-order valence-corrected chi connectivity index (χ4v) is 4.41. The van der Waals surface area contributed by atoms with Crippen molar-refractivity contribution in [3.05, 3.63) is 112 Å². The molecule has 0 saturated heterocycles. The van der Waals surface area contributed by atoms with E-state index >= 15 is 0 Å². The predicted octanol–water partition coefficient (Wildman–Crippen LogP) is 4.50. The van der Waals surface area contributed by atoms with E-state index < -0.39 is 11.8 Å². The lowest BCUT2D eigenvalue weighted by molar-refractivity contribution is -0.139. The molecule has 7 heteroatoms. The summed E-state index contributed by atoms with van der Waals surface area (Å²) in [4.78, 5) is 52.3. The smallest absolute Gasteiger partial charge is 0.271 e. The monoisotopic (exact) mass is 474 g/mol. The third-order valence-electron chi connectivity index (χ3n) is 6.26. The van der Waals surface area contributed by atoms with Gasteiger partial charge in [0.05, 0.1) is 0 Å². The minimum absolute atomic E-state index is 0.0259. The second-order valence-corrected chi connectivity index (χ2v) is 8.35. The zero-order valence-corrected chi connectivity index (χ0v) is 19.2. The molecule has 1 aliphatic heterocycles. The molecule has 5 rings (SSSR count). The Labute approximate surface area is 206 Å². The lowest BCUT2D eigenvalue weighted by atomic mass is 9.83. The second-order valence-electron chi connectivity index (χ2n) is 8.35. The number of hydrogen-bond donors (Lipinski definition) is 0. The molecule has 0 N–H and O–H groups in total. The van der Waals surface area contributed by atoms with E-state index in [0.29, 0.717) is 39.3 Å². The Hall–Kier alpha value is -5.09. The molecule has 0 saturated carbocycles. The number of carbonyl (C=O) groups is 4. The van der Waals surface area contributed by atoms with Gasteiger partial charge >= 0.3 is 0 Å². The van der Waals surface area contributed by atoms with E-state index in [1.54, 1.807) is 61.5 Å². The van der Waals surface area contributed by atoms with Gasteiger partial charge in [0.1, 0.15) is 23.2 Å². The van der Waals surface area contributed by atoms with Crippen molar-refractivity contribution in [2.24, 2.45) is 0 Å². The van der Waals surface area contributed by atoms with Gasteiger partial charge in [-0.05, 0) is 42.8 Å². The first kappa shape index (κ1) is 22.7. The molecular weight excluding hydrogens is 456 g/mol. The van der Waals surface area contributed by atoms with Crippen LogP contribution in [0, 0.1) is 11.3 Å². The minimum atomic E-state index is -0.660. The summed E-state index contributed by atoms with van der Waals surface area (Å²) in [6, 6.07) is 16.8. The Morgan fingerprint density at radius 1 is 0.917 bits per heavy atom. The van der Waals surface area contributed by atoms with E-state index in [1.807, 2.05) is 6.07 Å². The highest BCUT2D eigenvalue weighted by atomic mass is 16.3. The second kappa shape index (κ2) is 8.60. The lowest BCUT2D eigenvalue weighted by Gasteiger charge is -2.26. The normalized spacial score (nSPS) is 16.2. The van der Waals surface area contributed by atoms with Gasteiger partial charge in [0.15, 0.2) is 11.6 Å². The molecule has 2 amide bonds. The molecule has 0 radical (unpaired) electrons. The van der Waals surface area contributed by atoms with Gasteiger partial charge in [0, 0.05) is 39.9 Å². The van der Waals surface area contributed by atoms with Crippen LogP contribution in [-0.2, 0) is 9.59 Å². The van der Waals surface area contributed by atoms with Gasteiger partial charge in [-0.1, -0.05) is 36.4 Å². The van der Waals surface area contributed by atoms with Crippen LogP contribution in [0.2, 0.25) is 0 Å². The molecule has 0 fully saturated rings. The van der Waals surface area contributed by atoms with Crippen LogP contribution in [0.4, 0.5) is 0 Å². The number of amides is 2. The Morgan fingerprint density at radius 3 is 2.25 bits per heavy atom. The highest BCUT2D eigenvalue weighted by molar-refractivity contribution is 6.28. The van der Waals surface area contributed by atoms with Gasteiger partial charge in [-0.2, -0.15) is 5.26 Å². The molecule has 36 heavy (non-hydrogen) atoms. The zero-order valence-electron chi connectivity index (χ0n) is 19.2. The molecule has 1 aromatic heterocycles. The third kappa shape index (κ3) is 3.44. The number of benzene rings is 2. The van der Waals surface area contributed by atoms with Crippen molar-refractivity contribution in [3.8, 4) is 17.4 Å². The summed E-state index contributed by atoms with van der Waals surface area (Å²) in [6.07, 6.45) is 2.89. The molecule has 0 bridgehead atoms. The van der Waals surface area contributed by atoms with Crippen LogP contribution in [0.15, 0.2) is 88.4 Å². The average molecular weight is 474 g/mol. The van der Waals surface area contributed by atoms with Gasteiger partial charge in [0.25, 0.3) is 11.8 Å². The molecule has 174 valence electrons. The number of rotatable bonds is 4. The summed E-state index contributed by atoms with van der Waals surface area (Å²) in [5.41, 5.74) is 2.28. The maximum absolute atomic E-state index is 13.0. The van der Waals surface area contributed by atoms with E-state index in [4.69, 9.17) is 4.42 Å². The molecule has 2 aromatic carbocycles. The molecule has 0 unspecified atom stereocenters. The lowest BCUT2D eigenvalue weighted by Crippen LogP contribution is -2.42. The van der Waals surface area contributed by atoms with Crippen molar-refractivity contribution in [1.82, 2.24) is 4.90 Å². The van der Waals surface area contributed by atoms with Gasteiger partial charge in [-0.15, -0.1) is 6.58 Å². The molecule has 2 heterocycles. The first-order valence-electron chi connectivity index (χ1n) is 11.1. The van der Waals surface area contributed by atoms with Gasteiger partial charge in [0.2, 0.25) is 0 Å². The van der Waals surface area contributed by atoms with Crippen molar-refractivity contribution in [3.63, 3.8) is 0 Å². The van der Waals surface area contributed by atoms with Crippen LogP contribution in [0.3, 0.4) is 0 Å². The quantitative estimate of drug-likeness (QED) is 0.245. The number of ketones is 2. The highest BCUT2D eigenvalue weighted by Crippen LogP contribution is 2.33. The fraction of sp³-hybridized carbons (Fsp3) is 0.0690. The van der Waals surface area contributed by atoms with Crippen LogP contribution in [0.1, 0.15) is 44.5 Å². The number of carbonyl (C=O) groups excluding carboxylic acids is 4. The van der Waals surface area contributed by atoms with Crippen LogP contribution >= 0.6 is 0 Å². The molecule has 1 aliphatic carbocycles. The van der Waals surface area contributed by atoms with Crippen LogP contribution in [0.25, 0.3) is 17.4 Å². The minimum Gasteiger partial charge on any atom is -0.457 e. The topological polar surface area (TPSA) is 108 Å². The average Bonchev–Trinajstić information content (AvgIpc) is 3.36. The van der Waals surface area contributed by atoms with Crippen molar-refractivity contribution < 1.29 is 23.6 Å². The number of nitriles is 1. The third-order valence-corrected chi connectivity index (χ3v) is 6.26. The van der Waals surface area contributed by atoms with Crippen molar-refractivity contribution >= 4 is 29.5 Å². The first-order chi connectivity index (χ1) is 17.3. The highest BCUT2D eigenvalue weighted by Gasteiger charge is 2.35. The largest absolute Gasteiger partial charge is 0.457 e. The maximum Gasteiger partial charge on any atom is 0.271 e. The molecule has 7 nitrogen and oxygen atoms in total. The van der Waals surface area contributed by atoms with Crippen molar-refractivity contribution in [2.75, 3.05) is 6.54 Å². The molecule has 0 atom stereocenters. The Morgan fingerprint density at radius 2 is 1.58 bits per heavy atom. The molecule has 2 aliphatic rings. The number of nitrogens with zero attached hydrogens (tertiary/aromatic N) is 2. The molecule has 0 spiro atoms. The zero-order chi connectivity index (χ0) is 25.6. The summed E-state index contributed by atoms with van der Waals surface area (Å²) in [7, 11) is 0. The van der Waals surface area contributed by atoms with Crippen LogP contribution in [-0.4, -0.2) is 34.8 Å². The Bertz CT molecular complexity index is 1630. The van der Waals surface area contributed by atoms with Crippen LogP contribution in [0.5, 0.6) is 0 Å². The molecular formula is C29H18N2O5. The summed E-state index contributed by atoms with van der Waals surface area (Å²) in [6.45, 7) is 5.08.